The normalized spacial score (nSPS) is 13.1. The Balaban J connectivity index is 1.75. The van der Waals surface area contributed by atoms with Gasteiger partial charge in [0, 0.05) is 29.4 Å². The fourth-order valence-corrected chi connectivity index (χ4v) is 6.83. The Hall–Kier alpha value is -4.40. The number of hydrogen-bond acceptors (Lipinski definition) is 8. The highest BCUT2D eigenvalue weighted by atomic mass is 16.6. The lowest BCUT2D eigenvalue weighted by Gasteiger charge is -2.33. The summed E-state index contributed by atoms with van der Waals surface area (Å²) in [5, 5.41) is 21.1. The highest BCUT2D eigenvalue weighted by molar-refractivity contribution is 5.81. The van der Waals surface area contributed by atoms with Crippen LogP contribution in [0, 0.1) is 27.7 Å². The summed E-state index contributed by atoms with van der Waals surface area (Å²) in [5.41, 5.74) is 7.17. The zero-order valence-corrected chi connectivity index (χ0v) is 33.4. The molecule has 288 valence electrons. The molecule has 0 amide bonds. The molecule has 3 aromatic rings. The van der Waals surface area contributed by atoms with Crippen LogP contribution >= 0.6 is 0 Å². The number of ether oxygens (including phenoxy) is 4. The van der Waals surface area contributed by atoms with Crippen molar-refractivity contribution in [1.29, 1.82) is 0 Å². The van der Waals surface area contributed by atoms with Crippen LogP contribution < -0.4 is 9.47 Å². The van der Waals surface area contributed by atoms with Crippen LogP contribution in [0.3, 0.4) is 0 Å². The van der Waals surface area contributed by atoms with Crippen molar-refractivity contribution in [2.45, 2.75) is 117 Å². The van der Waals surface area contributed by atoms with Gasteiger partial charge >= 0.3 is 11.9 Å². The van der Waals surface area contributed by atoms with E-state index in [0.717, 1.165) is 51.3 Å². The molecule has 8 heteroatoms. The summed E-state index contributed by atoms with van der Waals surface area (Å²) in [6, 6.07) is 17.4. The second-order valence-corrected chi connectivity index (χ2v) is 15.2. The van der Waals surface area contributed by atoms with Crippen LogP contribution in [-0.2, 0) is 29.9 Å². The minimum Gasteiger partial charge on any atom is -0.490 e. The maximum Gasteiger partial charge on any atom is 0.330 e. The van der Waals surface area contributed by atoms with Crippen LogP contribution in [0.2, 0.25) is 0 Å². The highest BCUT2D eigenvalue weighted by Gasteiger charge is 2.33. The van der Waals surface area contributed by atoms with Crippen molar-refractivity contribution in [1.82, 2.24) is 0 Å². The summed E-state index contributed by atoms with van der Waals surface area (Å²) >= 11 is 0. The lowest BCUT2D eigenvalue weighted by atomic mass is 9.74. The Morgan fingerprint density at radius 1 is 0.642 bits per heavy atom. The van der Waals surface area contributed by atoms with E-state index in [0.29, 0.717) is 18.6 Å². The molecular weight excluding hydrogens is 668 g/mol. The summed E-state index contributed by atoms with van der Waals surface area (Å²) < 4.78 is 22.7. The Labute approximate surface area is 316 Å². The standard InChI is InChI=1S/C45H60O8/c1-13-39(48)50-27-38(47)28-52-42-31(7)23-36(24-32(42)8)44(11,12)34-19-17-33(18-20-34)43(9,10)35-21-29(5)41(30(6)22-35)51-26-37(46)25-45(15-3,16-4)53-40(49)14-2/h13-14,17-24,37-38,46-47H,1-2,15-16,25-28H2,3-12H3. The van der Waals surface area contributed by atoms with Crippen molar-refractivity contribution in [2.75, 3.05) is 19.8 Å². The number of aryl methyl sites for hydroxylation is 4. The van der Waals surface area contributed by atoms with Gasteiger partial charge in [-0.1, -0.05) is 103 Å². The quantitative estimate of drug-likeness (QED) is 0.0935. The predicted octanol–water partition coefficient (Wildman–Crippen LogP) is 8.46. The second kappa shape index (κ2) is 18.1. The average Bonchev–Trinajstić information content (AvgIpc) is 3.12. The fraction of sp³-hybridized carbons (Fsp3) is 0.467. The van der Waals surface area contributed by atoms with Crippen molar-refractivity contribution in [2.24, 2.45) is 0 Å². The third kappa shape index (κ3) is 10.6. The molecule has 0 saturated heterocycles. The van der Waals surface area contributed by atoms with Gasteiger partial charge in [0.2, 0.25) is 0 Å². The molecule has 0 spiro atoms. The third-order valence-corrected chi connectivity index (χ3v) is 10.5. The maximum atomic E-state index is 12.0. The van der Waals surface area contributed by atoms with E-state index < -0.39 is 29.7 Å². The van der Waals surface area contributed by atoms with E-state index >= 15 is 0 Å². The minimum atomic E-state index is -0.953. The van der Waals surface area contributed by atoms with Gasteiger partial charge in [-0.05, 0) is 85.0 Å². The summed E-state index contributed by atoms with van der Waals surface area (Å²) in [7, 11) is 0. The molecular formula is C45H60O8. The molecule has 2 atom stereocenters. The highest BCUT2D eigenvalue weighted by Crippen LogP contribution is 2.40. The number of carbonyl (C=O) groups is 2. The van der Waals surface area contributed by atoms with E-state index in [4.69, 9.17) is 18.9 Å². The first-order valence-corrected chi connectivity index (χ1v) is 18.4. The molecule has 0 aromatic heterocycles. The number of hydrogen-bond donors (Lipinski definition) is 2. The summed E-state index contributed by atoms with van der Waals surface area (Å²) in [6.45, 7) is 27.6. The van der Waals surface area contributed by atoms with Crippen molar-refractivity contribution >= 4 is 11.9 Å². The van der Waals surface area contributed by atoms with E-state index in [1.54, 1.807) is 0 Å². The molecule has 0 aliphatic rings. The number of benzene rings is 3. The molecule has 0 aliphatic carbocycles. The molecule has 3 aromatic carbocycles. The van der Waals surface area contributed by atoms with Gasteiger partial charge in [-0.15, -0.1) is 0 Å². The monoisotopic (exact) mass is 728 g/mol. The number of carbonyl (C=O) groups excluding carboxylic acids is 2. The first-order valence-electron chi connectivity index (χ1n) is 18.4. The Kier molecular flexibility index (Phi) is 14.7. The van der Waals surface area contributed by atoms with Crippen molar-refractivity contribution in [3.8, 4) is 11.5 Å². The number of esters is 2. The molecule has 0 saturated carbocycles. The van der Waals surface area contributed by atoms with Crippen LogP contribution in [0.4, 0.5) is 0 Å². The molecule has 3 rings (SSSR count). The minimum absolute atomic E-state index is 0.000715. The Morgan fingerprint density at radius 2 is 1.02 bits per heavy atom. The van der Waals surface area contributed by atoms with E-state index in [9.17, 15) is 19.8 Å². The lowest BCUT2D eigenvalue weighted by molar-refractivity contribution is -0.158. The third-order valence-electron chi connectivity index (χ3n) is 10.5. The molecule has 8 nitrogen and oxygen atoms in total. The van der Waals surface area contributed by atoms with Gasteiger partial charge in [0.05, 0.1) is 6.10 Å². The van der Waals surface area contributed by atoms with Crippen molar-refractivity contribution < 1.29 is 38.7 Å². The van der Waals surface area contributed by atoms with Crippen LogP contribution in [0.5, 0.6) is 11.5 Å². The first kappa shape index (κ1) is 43.0. The molecule has 0 heterocycles. The van der Waals surface area contributed by atoms with E-state index in [2.05, 4.69) is 89.4 Å². The summed E-state index contributed by atoms with van der Waals surface area (Å²) in [5.74, 6) is 0.372. The first-order chi connectivity index (χ1) is 24.8. The Morgan fingerprint density at radius 3 is 1.38 bits per heavy atom. The van der Waals surface area contributed by atoms with Crippen LogP contribution in [0.15, 0.2) is 73.8 Å². The van der Waals surface area contributed by atoms with E-state index in [1.165, 1.54) is 11.1 Å². The maximum absolute atomic E-state index is 12.0. The van der Waals surface area contributed by atoms with Crippen molar-refractivity contribution in [3.05, 3.63) is 118 Å². The average molecular weight is 729 g/mol. The molecule has 2 unspecified atom stereocenters. The van der Waals surface area contributed by atoms with Crippen molar-refractivity contribution in [3.63, 3.8) is 0 Å². The van der Waals surface area contributed by atoms with E-state index in [-0.39, 0.29) is 37.1 Å². The zero-order valence-electron chi connectivity index (χ0n) is 33.4. The Bertz CT molecular complexity index is 1700. The van der Waals surface area contributed by atoms with Gasteiger partial charge in [0.1, 0.15) is 43.0 Å². The van der Waals surface area contributed by atoms with Crippen LogP contribution in [0.1, 0.15) is 105 Å². The number of aliphatic hydroxyl groups is 2. The number of aliphatic hydroxyl groups excluding tert-OH is 2. The molecule has 0 fully saturated rings. The molecule has 0 bridgehead atoms. The number of rotatable bonds is 19. The molecule has 2 N–H and O–H groups in total. The largest absolute Gasteiger partial charge is 0.490 e. The summed E-state index contributed by atoms with van der Waals surface area (Å²) in [4.78, 5) is 23.3. The summed E-state index contributed by atoms with van der Waals surface area (Å²) in [6.07, 6.45) is 1.88. The topological polar surface area (TPSA) is 112 Å². The van der Waals surface area contributed by atoms with Crippen LogP contribution in [-0.4, -0.2) is 59.8 Å². The van der Waals surface area contributed by atoms with Gasteiger partial charge in [-0.25, -0.2) is 9.59 Å². The predicted molar refractivity (Wildman–Crippen MR) is 211 cm³/mol. The van der Waals surface area contributed by atoms with Gasteiger partial charge in [-0.3, -0.25) is 0 Å². The zero-order chi connectivity index (χ0) is 39.7. The lowest BCUT2D eigenvalue weighted by Crippen LogP contribution is -2.39. The smallest absolute Gasteiger partial charge is 0.330 e. The SMILES string of the molecule is C=CC(=O)OCC(O)COc1c(C)cc(C(C)(C)c2ccc(C(C)(C)c3cc(C)c(OCC(O)CC(CC)(CC)OC(=O)C=C)c(C)c3)cc2)cc1C. The van der Waals surface area contributed by atoms with Gasteiger partial charge in [-0.2, -0.15) is 0 Å². The van der Waals surface area contributed by atoms with Crippen LogP contribution in [0.25, 0.3) is 0 Å². The molecule has 0 radical (unpaired) electrons. The fourth-order valence-electron chi connectivity index (χ4n) is 6.83. The van der Waals surface area contributed by atoms with E-state index in [1.807, 2.05) is 41.5 Å². The van der Waals surface area contributed by atoms with Gasteiger partial charge in [0.25, 0.3) is 0 Å². The molecule has 53 heavy (non-hydrogen) atoms. The second-order valence-electron chi connectivity index (χ2n) is 15.2. The molecule has 0 aliphatic heterocycles. The van der Waals surface area contributed by atoms with Gasteiger partial charge < -0.3 is 29.2 Å². The van der Waals surface area contributed by atoms with Gasteiger partial charge in [0.15, 0.2) is 0 Å².